The quantitative estimate of drug-likeness (QED) is 0.347. The molecule has 0 saturated heterocycles. The van der Waals surface area contributed by atoms with Crippen LogP contribution in [-0.4, -0.2) is 23.1 Å². The number of hydrogen-bond acceptors (Lipinski definition) is 4. The van der Waals surface area contributed by atoms with Crippen molar-refractivity contribution in [2.45, 2.75) is 18.2 Å². The molecule has 132 valence electrons. The van der Waals surface area contributed by atoms with Gasteiger partial charge < -0.3 is 5.32 Å². The van der Waals surface area contributed by atoms with Gasteiger partial charge >= 0.3 is 0 Å². The van der Waals surface area contributed by atoms with E-state index in [0.29, 0.717) is 18.7 Å². The van der Waals surface area contributed by atoms with Crippen molar-refractivity contribution in [2.24, 2.45) is 0 Å². The Morgan fingerprint density at radius 2 is 1.92 bits per heavy atom. The number of rotatable bonds is 7. The van der Waals surface area contributed by atoms with Gasteiger partial charge in [-0.3, -0.25) is 14.9 Å². The monoisotopic (exact) mass is 366 g/mol. The number of halogens is 2. The zero-order chi connectivity index (χ0) is 18.4. The first kappa shape index (κ1) is 18.9. The van der Waals surface area contributed by atoms with Crippen molar-refractivity contribution >= 4 is 23.4 Å². The van der Waals surface area contributed by atoms with E-state index in [9.17, 15) is 23.7 Å². The minimum absolute atomic E-state index is 0.0824. The highest BCUT2D eigenvalue weighted by Gasteiger charge is 2.19. The minimum Gasteiger partial charge on any atom is -0.352 e. The van der Waals surface area contributed by atoms with Crippen molar-refractivity contribution in [2.75, 3.05) is 12.3 Å². The van der Waals surface area contributed by atoms with Crippen molar-refractivity contribution in [3.8, 4) is 0 Å². The third-order valence-electron chi connectivity index (χ3n) is 3.46. The number of nitrogens with one attached hydrogen (secondary N) is 1. The molecule has 2 aromatic carbocycles. The van der Waals surface area contributed by atoms with Gasteiger partial charge in [-0.1, -0.05) is 0 Å². The van der Waals surface area contributed by atoms with E-state index >= 15 is 0 Å². The van der Waals surface area contributed by atoms with Gasteiger partial charge in [-0.15, -0.1) is 11.8 Å². The van der Waals surface area contributed by atoms with Crippen molar-refractivity contribution in [1.29, 1.82) is 0 Å². The summed E-state index contributed by atoms with van der Waals surface area (Å²) >= 11 is 1.52. The number of carbonyl (C=O) groups excluding carboxylic acids is 1. The summed E-state index contributed by atoms with van der Waals surface area (Å²) in [6, 6.07) is 8.16. The van der Waals surface area contributed by atoms with Crippen molar-refractivity contribution in [1.82, 2.24) is 5.32 Å². The van der Waals surface area contributed by atoms with Crippen LogP contribution in [0.5, 0.6) is 0 Å². The smallest absolute Gasteiger partial charge is 0.276 e. The Kier molecular flexibility index (Phi) is 6.46. The molecule has 0 aliphatic carbocycles. The first-order chi connectivity index (χ1) is 11.9. The summed E-state index contributed by atoms with van der Waals surface area (Å²) in [5.74, 6) is -0.940. The molecule has 2 rings (SSSR count). The molecule has 5 nitrogen and oxygen atoms in total. The van der Waals surface area contributed by atoms with Crippen LogP contribution in [0.3, 0.4) is 0 Å². The van der Waals surface area contributed by atoms with Crippen molar-refractivity contribution in [3.05, 3.63) is 69.3 Å². The van der Waals surface area contributed by atoms with Gasteiger partial charge in [-0.2, -0.15) is 0 Å². The SMILES string of the molecule is Cc1c(F)cc(C(=O)NCCCSc2ccc(F)cc2)cc1[N+](=O)[O-]. The summed E-state index contributed by atoms with van der Waals surface area (Å²) in [5.41, 5.74) is -0.602. The third-order valence-corrected chi connectivity index (χ3v) is 4.56. The molecular weight excluding hydrogens is 350 g/mol. The van der Waals surface area contributed by atoms with Crippen molar-refractivity contribution in [3.63, 3.8) is 0 Å². The van der Waals surface area contributed by atoms with Gasteiger partial charge in [0.05, 0.1) is 10.5 Å². The molecule has 0 aliphatic heterocycles. The molecule has 0 heterocycles. The Hall–Kier alpha value is -2.48. The topological polar surface area (TPSA) is 72.2 Å². The third kappa shape index (κ3) is 5.25. The summed E-state index contributed by atoms with van der Waals surface area (Å²) in [6.07, 6.45) is 0.643. The summed E-state index contributed by atoms with van der Waals surface area (Å²) in [5, 5.41) is 13.5. The Bertz CT molecular complexity index is 782. The lowest BCUT2D eigenvalue weighted by Gasteiger charge is -2.07. The average Bonchev–Trinajstić information content (AvgIpc) is 2.58. The lowest BCUT2D eigenvalue weighted by molar-refractivity contribution is -0.385. The standard InChI is InChI=1S/C17H16F2N2O3S/c1-11-15(19)9-12(10-16(11)21(23)24)17(22)20-7-2-8-25-14-5-3-13(18)4-6-14/h3-6,9-10H,2,7-8H2,1H3,(H,20,22). The summed E-state index contributed by atoms with van der Waals surface area (Å²) in [6.45, 7) is 1.64. The molecular formula is C17H16F2N2O3S. The second kappa shape index (κ2) is 8.57. The van der Waals surface area contributed by atoms with E-state index in [1.807, 2.05) is 0 Å². The Morgan fingerprint density at radius 1 is 1.24 bits per heavy atom. The molecule has 0 bridgehead atoms. The first-order valence-corrected chi connectivity index (χ1v) is 8.48. The molecule has 1 amide bonds. The van der Waals surface area contributed by atoms with E-state index in [0.717, 1.165) is 17.0 Å². The van der Waals surface area contributed by atoms with E-state index in [2.05, 4.69) is 5.32 Å². The predicted octanol–water partition coefficient (Wildman–Crippen LogP) is 4.09. The Balaban J connectivity index is 1.84. The van der Waals surface area contributed by atoms with E-state index in [1.54, 1.807) is 12.1 Å². The number of thioether (sulfide) groups is 1. The maximum Gasteiger partial charge on any atom is 0.276 e. The fourth-order valence-electron chi connectivity index (χ4n) is 2.08. The van der Waals surface area contributed by atoms with E-state index < -0.39 is 22.3 Å². The number of benzene rings is 2. The summed E-state index contributed by atoms with van der Waals surface area (Å²) < 4.78 is 26.5. The summed E-state index contributed by atoms with van der Waals surface area (Å²) in [4.78, 5) is 23.1. The Morgan fingerprint density at radius 3 is 2.56 bits per heavy atom. The molecule has 1 N–H and O–H groups in total. The lowest BCUT2D eigenvalue weighted by atomic mass is 10.1. The predicted molar refractivity (Wildman–Crippen MR) is 91.9 cm³/mol. The minimum atomic E-state index is -0.786. The second-order valence-corrected chi connectivity index (χ2v) is 6.44. The van der Waals surface area contributed by atoms with Gasteiger partial charge in [0.1, 0.15) is 11.6 Å². The molecule has 25 heavy (non-hydrogen) atoms. The van der Waals surface area contributed by atoms with Gasteiger partial charge in [0, 0.05) is 23.1 Å². The van der Waals surface area contributed by atoms with Crippen LogP contribution in [0.25, 0.3) is 0 Å². The highest BCUT2D eigenvalue weighted by atomic mass is 32.2. The Labute approximate surface area is 147 Å². The van der Waals surface area contributed by atoms with Crippen molar-refractivity contribution < 1.29 is 18.5 Å². The highest BCUT2D eigenvalue weighted by molar-refractivity contribution is 7.99. The van der Waals surface area contributed by atoms with Crippen LogP contribution >= 0.6 is 11.8 Å². The van der Waals surface area contributed by atoms with Crippen LogP contribution in [0.15, 0.2) is 41.3 Å². The largest absolute Gasteiger partial charge is 0.352 e. The van der Waals surface area contributed by atoms with Crippen LogP contribution in [0.4, 0.5) is 14.5 Å². The second-order valence-electron chi connectivity index (χ2n) is 5.27. The maximum atomic E-state index is 13.7. The number of carbonyl (C=O) groups is 1. The molecule has 2 aromatic rings. The van der Waals surface area contributed by atoms with E-state index in [-0.39, 0.29) is 16.9 Å². The molecule has 8 heteroatoms. The highest BCUT2D eigenvalue weighted by Crippen LogP contribution is 2.23. The summed E-state index contributed by atoms with van der Waals surface area (Å²) in [7, 11) is 0. The number of hydrogen-bond donors (Lipinski definition) is 1. The van der Waals surface area contributed by atoms with Gasteiger partial charge in [-0.25, -0.2) is 8.78 Å². The zero-order valence-corrected chi connectivity index (χ0v) is 14.2. The fourth-order valence-corrected chi connectivity index (χ4v) is 2.93. The molecule has 0 fully saturated rings. The molecule has 0 saturated carbocycles. The normalized spacial score (nSPS) is 10.5. The number of nitro benzene ring substituents is 1. The average molecular weight is 366 g/mol. The first-order valence-electron chi connectivity index (χ1n) is 7.49. The van der Waals surface area contributed by atoms with Crippen LogP contribution in [-0.2, 0) is 0 Å². The van der Waals surface area contributed by atoms with Gasteiger partial charge in [-0.05, 0) is 49.4 Å². The number of nitro groups is 1. The molecule has 0 spiro atoms. The molecule has 0 aliphatic rings. The van der Waals surface area contributed by atoms with Crippen LogP contribution in [0.1, 0.15) is 22.3 Å². The maximum absolute atomic E-state index is 13.7. The fraction of sp³-hybridized carbons (Fsp3) is 0.235. The van der Waals surface area contributed by atoms with Crippen LogP contribution in [0, 0.1) is 28.7 Å². The molecule has 0 aromatic heterocycles. The van der Waals surface area contributed by atoms with Gasteiger partial charge in [0.25, 0.3) is 11.6 Å². The molecule has 0 radical (unpaired) electrons. The van der Waals surface area contributed by atoms with Crippen LogP contribution < -0.4 is 5.32 Å². The van der Waals surface area contributed by atoms with Gasteiger partial charge in [0.2, 0.25) is 0 Å². The van der Waals surface area contributed by atoms with Crippen LogP contribution in [0.2, 0.25) is 0 Å². The lowest BCUT2D eigenvalue weighted by Crippen LogP contribution is -2.25. The number of nitrogens with zero attached hydrogens (tertiary/aromatic N) is 1. The molecule has 0 atom stereocenters. The van der Waals surface area contributed by atoms with E-state index in [4.69, 9.17) is 0 Å². The van der Waals surface area contributed by atoms with E-state index in [1.165, 1.54) is 30.8 Å². The number of amides is 1. The zero-order valence-electron chi connectivity index (χ0n) is 13.4. The van der Waals surface area contributed by atoms with Gasteiger partial charge in [0.15, 0.2) is 0 Å². The molecule has 0 unspecified atom stereocenters.